The van der Waals surface area contributed by atoms with E-state index in [1.165, 1.54) is 0 Å². The number of para-hydroxylation sites is 2. The lowest BCUT2D eigenvalue weighted by molar-refractivity contribution is -0.152. The third-order valence-electron chi connectivity index (χ3n) is 5.27. The first-order valence-electron chi connectivity index (χ1n) is 9.84. The first kappa shape index (κ1) is 20.1. The third kappa shape index (κ3) is 4.21. The van der Waals surface area contributed by atoms with Gasteiger partial charge in [0.2, 0.25) is 0 Å². The summed E-state index contributed by atoms with van der Waals surface area (Å²) in [7, 11) is 1.71. The molecule has 4 aromatic rings. The van der Waals surface area contributed by atoms with Crippen LogP contribution in [0.1, 0.15) is 30.0 Å². The third-order valence-corrected chi connectivity index (χ3v) is 6.48. The average molecular weight is 422 g/mol. The molecule has 1 N–H and O–H groups in total. The number of aryl methyl sites for hydroxylation is 1. The van der Waals surface area contributed by atoms with Gasteiger partial charge in [-0.2, -0.15) is 0 Å². The molecular weight excluding hydrogens is 398 g/mol. The topological polar surface area (TPSA) is 75.3 Å². The van der Waals surface area contributed by atoms with Crippen molar-refractivity contribution in [2.24, 2.45) is 0 Å². The molecule has 30 heavy (non-hydrogen) atoms. The Labute approximate surface area is 178 Å². The summed E-state index contributed by atoms with van der Waals surface area (Å²) < 4.78 is 6.31. The molecule has 1 atom stereocenters. The molecule has 1 amide bonds. The Morgan fingerprint density at radius 1 is 1.17 bits per heavy atom. The number of nitrogens with one attached hydrogen (secondary N) is 1. The Morgan fingerprint density at radius 3 is 2.77 bits per heavy atom. The van der Waals surface area contributed by atoms with E-state index in [9.17, 15) is 9.59 Å². The first-order valence-corrected chi connectivity index (χ1v) is 10.7. The van der Waals surface area contributed by atoms with E-state index in [-0.39, 0.29) is 30.9 Å². The molecule has 0 spiro atoms. The number of aromatic amines is 1. The molecule has 6 nitrogen and oxygen atoms in total. The van der Waals surface area contributed by atoms with E-state index in [1.807, 2.05) is 61.7 Å². The number of amides is 1. The quantitative estimate of drug-likeness (QED) is 0.447. The highest BCUT2D eigenvalue weighted by Crippen LogP contribution is 2.28. The van der Waals surface area contributed by atoms with Crippen LogP contribution in [0.2, 0.25) is 0 Å². The van der Waals surface area contributed by atoms with Gasteiger partial charge in [-0.15, -0.1) is 11.3 Å². The van der Waals surface area contributed by atoms with Gasteiger partial charge in [0.1, 0.15) is 5.01 Å². The van der Waals surface area contributed by atoms with Crippen molar-refractivity contribution in [3.8, 4) is 0 Å². The molecule has 0 fully saturated rings. The lowest BCUT2D eigenvalue weighted by Crippen LogP contribution is -2.33. The van der Waals surface area contributed by atoms with Crippen molar-refractivity contribution >= 4 is 44.3 Å². The van der Waals surface area contributed by atoms with E-state index in [0.717, 1.165) is 31.7 Å². The largest absolute Gasteiger partial charge is 0.456 e. The van der Waals surface area contributed by atoms with Crippen molar-refractivity contribution in [2.75, 3.05) is 13.7 Å². The van der Waals surface area contributed by atoms with Crippen LogP contribution in [0, 0.1) is 0 Å². The minimum absolute atomic E-state index is 0.195. The number of aromatic nitrogens is 2. The molecule has 4 rings (SSSR count). The van der Waals surface area contributed by atoms with Gasteiger partial charge in [0.15, 0.2) is 6.61 Å². The van der Waals surface area contributed by atoms with Crippen LogP contribution < -0.4 is 0 Å². The zero-order valence-electron chi connectivity index (χ0n) is 16.9. The highest BCUT2D eigenvalue weighted by molar-refractivity contribution is 7.18. The summed E-state index contributed by atoms with van der Waals surface area (Å²) in [5.74, 6) is -0.628. The average Bonchev–Trinajstić information content (AvgIpc) is 3.39. The van der Waals surface area contributed by atoms with Gasteiger partial charge in [0.05, 0.1) is 16.3 Å². The maximum atomic E-state index is 12.5. The number of rotatable bonds is 7. The number of hydrogen-bond acceptors (Lipinski definition) is 5. The summed E-state index contributed by atoms with van der Waals surface area (Å²) in [6.07, 6.45) is 2.71. The number of carbonyl (C=O) groups is 2. The van der Waals surface area contributed by atoms with Crippen LogP contribution in [0.4, 0.5) is 0 Å². The molecule has 0 aliphatic carbocycles. The lowest BCUT2D eigenvalue weighted by atomic mass is 10.1. The normalized spacial score (nSPS) is 12.2. The van der Waals surface area contributed by atoms with Gasteiger partial charge in [0, 0.05) is 30.6 Å². The molecule has 0 aliphatic rings. The molecule has 2 aromatic heterocycles. The van der Waals surface area contributed by atoms with Gasteiger partial charge in [-0.3, -0.25) is 9.59 Å². The standard InChI is InChI=1S/C23H23N3O3S/c1-15(23-25-19-9-5-6-10-20(19)30-23)26(2)21(27)14-29-22(28)12-11-16-13-24-18-8-4-3-7-17(16)18/h3-10,13,15,24H,11-12,14H2,1-2H3/t15-/m0/s1. The second kappa shape index (κ2) is 8.67. The number of nitrogens with zero attached hydrogens (tertiary/aromatic N) is 2. The Bertz CT molecular complexity index is 1160. The Kier molecular flexibility index (Phi) is 5.81. The number of hydrogen-bond donors (Lipinski definition) is 1. The summed E-state index contributed by atoms with van der Waals surface area (Å²) in [6.45, 7) is 1.66. The fraction of sp³-hybridized carbons (Fsp3) is 0.261. The summed E-state index contributed by atoms with van der Waals surface area (Å²) in [6, 6.07) is 15.7. The fourth-order valence-corrected chi connectivity index (χ4v) is 4.40. The number of carbonyl (C=O) groups excluding carboxylic acids is 2. The highest BCUT2D eigenvalue weighted by atomic mass is 32.1. The molecule has 0 unspecified atom stereocenters. The van der Waals surface area contributed by atoms with Crippen molar-refractivity contribution in [3.05, 3.63) is 65.3 Å². The van der Waals surface area contributed by atoms with Gasteiger partial charge in [-0.1, -0.05) is 30.3 Å². The maximum Gasteiger partial charge on any atom is 0.306 e. The van der Waals surface area contributed by atoms with Crippen LogP contribution in [-0.4, -0.2) is 40.4 Å². The number of fused-ring (bicyclic) bond motifs is 2. The molecule has 0 saturated carbocycles. The van der Waals surface area contributed by atoms with E-state index in [1.54, 1.807) is 23.3 Å². The first-order chi connectivity index (χ1) is 14.5. The molecule has 0 radical (unpaired) electrons. The highest BCUT2D eigenvalue weighted by Gasteiger charge is 2.21. The van der Waals surface area contributed by atoms with Gasteiger partial charge in [0.25, 0.3) is 5.91 Å². The SMILES string of the molecule is C[C@@H](c1nc2ccccc2s1)N(C)C(=O)COC(=O)CCc1c[nH]c2ccccc12. The molecule has 2 heterocycles. The van der Waals surface area contributed by atoms with Crippen LogP contribution in [0.5, 0.6) is 0 Å². The van der Waals surface area contributed by atoms with Gasteiger partial charge >= 0.3 is 5.97 Å². The molecule has 0 bridgehead atoms. The van der Waals surface area contributed by atoms with Crippen molar-refractivity contribution in [1.82, 2.24) is 14.9 Å². The number of likely N-dealkylation sites (N-methyl/N-ethyl adjacent to an activating group) is 1. The van der Waals surface area contributed by atoms with E-state index < -0.39 is 0 Å². The van der Waals surface area contributed by atoms with Crippen LogP contribution >= 0.6 is 11.3 Å². The zero-order chi connectivity index (χ0) is 21.1. The van der Waals surface area contributed by atoms with E-state index >= 15 is 0 Å². The second-order valence-electron chi connectivity index (χ2n) is 7.22. The summed E-state index contributed by atoms with van der Waals surface area (Å²) in [5, 5.41) is 1.96. The number of thiazole rings is 1. The van der Waals surface area contributed by atoms with Crippen molar-refractivity contribution in [3.63, 3.8) is 0 Å². The second-order valence-corrected chi connectivity index (χ2v) is 8.28. The van der Waals surface area contributed by atoms with Gasteiger partial charge in [-0.05, 0) is 37.1 Å². The van der Waals surface area contributed by atoms with E-state index in [2.05, 4.69) is 9.97 Å². The predicted octanol–water partition coefficient (Wildman–Crippen LogP) is 4.47. The molecule has 154 valence electrons. The van der Waals surface area contributed by atoms with Crippen LogP contribution in [0.25, 0.3) is 21.1 Å². The monoisotopic (exact) mass is 421 g/mol. The van der Waals surface area contributed by atoms with Crippen molar-refractivity contribution < 1.29 is 14.3 Å². The van der Waals surface area contributed by atoms with E-state index in [4.69, 9.17) is 4.74 Å². The maximum absolute atomic E-state index is 12.5. The van der Waals surface area contributed by atoms with Crippen LogP contribution in [-0.2, 0) is 20.7 Å². The van der Waals surface area contributed by atoms with Gasteiger partial charge in [-0.25, -0.2) is 4.98 Å². The Hall–Kier alpha value is -3.19. The van der Waals surface area contributed by atoms with Gasteiger partial charge < -0.3 is 14.6 Å². The molecule has 7 heteroatoms. The van der Waals surface area contributed by atoms with Crippen LogP contribution in [0.15, 0.2) is 54.7 Å². The Morgan fingerprint density at radius 2 is 1.93 bits per heavy atom. The minimum Gasteiger partial charge on any atom is -0.456 e. The summed E-state index contributed by atoms with van der Waals surface area (Å²) in [5.41, 5.74) is 3.03. The number of ether oxygens (including phenoxy) is 1. The molecule has 0 aliphatic heterocycles. The smallest absolute Gasteiger partial charge is 0.306 e. The fourth-order valence-electron chi connectivity index (χ4n) is 3.34. The molecular formula is C23H23N3O3S. The van der Waals surface area contributed by atoms with E-state index in [0.29, 0.717) is 6.42 Å². The number of esters is 1. The molecule has 2 aromatic carbocycles. The predicted molar refractivity (Wildman–Crippen MR) is 118 cm³/mol. The number of H-pyrrole nitrogens is 1. The van der Waals surface area contributed by atoms with Crippen LogP contribution in [0.3, 0.4) is 0 Å². The van der Waals surface area contributed by atoms with Crippen molar-refractivity contribution in [1.29, 1.82) is 0 Å². The zero-order valence-corrected chi connectivity index (χ0v) is 17.7. The number of benzene rings is 2. The summed E-state index contributed by atoms with van der Waals surface area (Å²) >= 11 is 1.57. The molecule has 0 saturated heterocycles. The Balaban J connectivity index is 1.29. The lowest BCUT2D eigenvalue weighted by Gasteiger charge is -2.23. The van der Waals surface area contributed by atoms with Crippen molar-refractivity contribution in [2.45, 2.75) is 25.8 Å². The minimum atomic E-state index is -0.380. The summed E-state index contributed by atoms with van der Waals surface area (Å²) in [4.78, 5) is 34.0.